The van der Waals surface area contributed by atoms with Gasteiger partial charge >= 0.3 is 0 Å². The number of hydrogen-bond donors (Lipinski definition) is 1. The summed E-state index contributed by atoms with van der Waals surface area (Å²) in [6.45, 7) is 3.37. The van der Waals surface area contributed by atoms with Crippen molar-refractivity contribution < 1.29 is 33.6 Å². The maximum atomic E-state index is 12.7. The fourth-order valence-corrected chi connectivity index (χ4v) is 7.86. The molecule has 0 aromatic heterocycles. The second-order valence-electron chi connectivity index (χ2n) is 13.7. The predicted octanol–water partition coefficient (Wildman–Crippen LogP) is 6.57. The van der Waals surface area contributed by atoms with Crippen molar-refractivity contribution in [2.75, 3.05) is 55.1 Å². The summed E-state index contributed by atoms with van der Waals surface area (Å²) in [5.74, 6) is 4.09. The third-order valence-corrected chi connectivity index (χ3v) is 10.7. The van der Waals surface area contributed by atoms with Gasteiger partial charge in [0.25, 0.3) is 0 Å². The summed E-state index contributed by atoms with van der Waals surface area (Å²) in [6.07, 6.45) is 3.22. The average Bonchev–Trinajstić information content (AvgIpc) is 3.12. The lowest BCUT2D eigenvalue weighted by Gasteiger charge is -2.38. The number of benzene rings is 4. The summed E-state index contributed by atoms with van der Waals surface area (Å²) in [6, 6.07) is 18.7. The lowest BCUT2D eigenvalue weighted by molar-refractivity contribution is -0.121. The first-order chi connectivity index (χ1) is 24.2. The molecule has 0 radical (unpaired) electrons. The van der Waals surface area contributed by atoms with Crippen LogP contribution in [-0.4, -0.2) is 75.8 Å². The Balaban J connectivity index is 1.48. The van der Waals surface area contributed by atoms with Crippen LogP contribution in [0.3, 0.4) is 0 Å². The smallest absolute Gasteiger partial charge is 0.204 e. The van der Waals surface area contributed by atoms with Crippen molar-refractivity contribution in [2.24, 2.45) is 0 Å². The summed E-state index contributed by atoms with van der Waals surface area (Å²) in [4.78, 5) is 17.4. The molecule has 9 heteroatoms. The van der Waals surface area contributed by atoms with E-state index in [0.717, 1.165) is 65.9 Å². The van der Waals surface area contributed by atoms with Gasteiger partial charge in [-0.25, -0.2) is 0 Å². The monoisotopic (exact) mass is 678 g/mol. The van der Waals surface area contributed by atoms with Crippen LogP contribution in [0.25, 0.3) is 0 Å². The SMILES string of the molecule is COc1cc(CC(=O)CO)c2cc1Oc1ccc(cc1)C[C@H]1c3cc(c(C)cc3CCN1C)Oc1c(OC)c(OC)cc3c1[C@H](C2)N(C)CC3. The maximum Gasteiger partial charge on any atom is 0.204 e. The molecule has 4 aliphatic heterocycles. The second kappa shape index (κ2) is 14.0. The summed E-state index contributed by atoms with van der Waals surface area (Å²) in [5.41, 5.74) is 8.72. The second-order valence-corrected chi connectivity index (χ2v) is 13.7. The quantitative estimate of drug-likeness (QED) is 0.243. The third-order valence-electron chi connectivity index (χ3n) is 10.7. The van der Waals surface area contributed by atoms with E-state index in [4.69, 9.17) is 23.7 Å². The minimum Gasteiger partial charge on any atom is -0.493 e. The molecule has 0 amide bonds. The highest BCUT2D eigenvalue weighted by Crippen LogP contribution is 2.51. The van der Waals surface area contributed by atoms with E-state index in [0.29, 0.717) is 40.9 Å². The van der Waals surface area contributed by atoms with Crippen LogP contribution in [-0.2, 0) is 36.9 Å². The van der Waals surface area contributed by atoms with Crippen LogP contribution in [0.5, 0.6) is 40.2 Å². The molecule has 2 atom stereocenters. The van der Waals surface area contributed by atoms with Gasteiger partial charge in [-0.2, -0.15) is 0 Å². The largest absolute Gasteiger partial charge is 0.493 e. The number of likely N-dealkylation sites (N-methyl/N-ethyl adjacent to an activating group) is 2. The van der Waals surface area contributed by atoms with Crippen LogP contribution < -0.4 is 23.7 Å². The maximum absolute atomic E-state index is 12.7. The van der Waals surface area contributed by atoms with Crippen LogP contribution in [0.15, 0.2) is 54.6 Å². The van der Waals surface area contributed by atoms with Crippen molar-refractivity contribution in [2.45, 2.75) is 51.1 Å². The fourth-order valence-electron chi connectivity index (χ4n) is 7.86. The zero-order chi connectivity index (χ0) is 35.1. The molecule has 262 valence electrons. The first-order valence-electron chi connectivity index (χ1n) is 17.3. The number of aliphatic hydroxyl groups excluding tert-OH is 1. The third kappa shape index (κ3) is 6.30. The molecule has 0 saturated carbocycles. The van der Waals surface area contributed by atoms with Crippen LogP contribution in [0.1, 0.15) is 56.6 Å². The molecule has 8 rings (SSSR count). The predicted molar refractivity (Wildman–Crippen MR) is 192 cm³/mol. The molecule has 0 aliphatic carbocycles. The highest BCUT2D eigenvalue weighted by molar-refractivity contribution is 5.82. The normalized spacial score (nSPS) is 18.6. The van der Waals surface area contributed by atoms with Crippen molar-refractivity contribution in [3.63, 3.8) is 0 Å². The minimum absolute atomic E-state index is 0.0691. The Bertz CT molecular complexity index is 1920. The molecule has 4 aliphatic rings. The van der Waals surface area contributed by atoms with Gasteiger partial charge in [-0.1, -0.05) is 18.2 Å². The molecule has 9 nitrogen and oxygen atoms in total. The van der Waals surface area contributed by atoms with Crippen molar-refractivity contribution in [3.05, 3.63) is 99.1 Å². The number of aryl methyl sites for hydroxylation is 1. The van der Waals surface area contributed by atoms with Gasteiger partial charge < -0.3 is 28.8 Å². The number of carbonyl (C=O) groups excluding carboxylic acids is 1. The van der Waals surface area contributed by atoms with Gasteiger partial charge in [0.15, 0.2) is 28.8 Å². The summed E-state index contributed by atoms with van der Waals surface area (Å²) in [5, 5.41) is 9.72. The number of carbonyl (C=O) groups is 1. The molecule has 6 bridgehead atoms. The first-order valence-corrected chi connectivity index (χ1v) is 17.3. The lowest BCUT2D eigenvalue weighted by atomic mass is 9.85. The Morgan fingerprint density at radius 2 is 1.52 bits per heavy atom. The molecule has 0 spiro atoms. The zero-order valence-electron chi connectivity index (χ0n) is 29.8. The summed E-state index contributed by atoms with van der Waals surface area (Å²) < 4.78 is 31.4. The number of ether oxygens (including phenoxy) is 5. The van der Waals surface area contributed by atoms with Gasteiger partial charge in [0, 0.05) is 37.2 Å². The Morgan fingerprint density at radius 1 is 0.800 bits per heavy atom. The van der Waals surface area contributed by atoms with Gasteiger partial charge in [-0.3, -0.25) is 14.6 Å². The minimum atomic E-state index is -0.537. The van der Waals surface area contributed by atoms with Crippen molar-refractivity contribution >= 4 is 5.78 Å². The van der Waals surface area contributed by atoms with Gasteiger partial charge in [-0.15, -0.1) is 0 Å². The van der Waals surface area contributed by atoms with E-state index in [1.54, 1.807) is 21.3 Å². The number of methoxy groups -OCH3 is 3. The Kier molecular flexibility index (Phi) is 9.48. The molecule has 0 saturated heterocycles. The van der Waals surface area contributed by atoms with Gasteiger partial charge in [0.05, 0.1) is 21.3 Å². The van der Waals surface area contributed by atoms with Gasteiger partial charge in [0.1, 0.15) is 18.1 Å². The number of ketones is 1. The first kappa shape index (κ1) is 33.9. The van der Waals surface area contributed by atoms with E-state index in [1.165, 1.54) is 16.7 Å². The molecule has 4 aromatic carbocycles. The van der Waals surface area contributed by atoms with E-state index in [2.05, 4.69) is 61.2 Å². The van der Waals surface area contributed by atoms with E-state index in [-0.39, 0.29) is 24.3 Å². The number of aliphatic hydroxyl groups is 1. The fraction of sp³-hybridized carbons (Fsp3) is 0.390. The molecule has 1 N–H and O–H groups in total. The van der Waals surface area contributed by atoms with E-state index in [9.17, 15) is 9.90 Å². The number of rotatable bonds is 6. The molecular weight excluding hydrogens is 632 g/mol. The van der Waals surface area contributed by atoms with E-state index >= 15 is 0 Å². The molecule has 4 aromatic rings. The van der Waals surface area contributed by atoms with Crippen molar-refractivity contribution in [3.8, 4) is 40.2 Å². The van der Waals surface area contributed by atoms with E-state index in [1.807, 2.05) is 24.3 Å². The molecule has 0 unspecified atom stereocenters. The molecule has 4 heterocycles. The Morgan fingerprint density at radius 3 is 2.22 bits per heavy atom. The summed E-state index contributed by atoms with van der Waals surface area (Å²) in [7, 11) is 9.22. The van der Waals surface area contributed by atoms with Gasteiger partial charge in [0.2, 0.25) is 5.75 Å². The van der Waals surface area contributed by atoms with Crippen LogP contribution in [0, 0.1) is 6.92 Å². The number of Topliss-reactive ketones (excluding diaryl/α,β-unsaturated/α-hetero) is 1. The Labute approximate surface area is 294 Å². The van der Waals surface area contributed by atoms with Crippen molar-refractivity contribution in [1.29, 1.82) is 0 Å². The number of nitrogens with zero attached hydrogens (tertiary/aromatic N) is 2. The zero-order valence-corrected chi connectivity index (χ0v) is 29.8. The molecule has 0 fully saturated rings. The average molecular weight is 679 g/mol. The Hall–Kier alpha value is -4.57. The van der Waals surface area contributed by atoms with Crippen LogP contribution in [0.2, 0.25) is 0 Å². The van der Waals surface area contributed by atoms with Crippen LogP contribution in [0.4, 0.5) is 0 Å². The standard InChI is InChI=1S/C41H46N2O7/c1-24-15-26-11-13-42(2)33-16-25-7-9-31(10-8-25)49-37-21-29(28(17-30(45)23-44)20-36(37)46-4)18-34-39-27(12-14-43(34)3)19-38(47-5)40(48-6)41(39)50-35(24)22-32(26)33/h7-10,15,19-22,33-34,44H,11-14,16-18,23H2,1-6H3/t33-,34-/m0/s1. The molecule has 50 heavy (non-hydrogen) atoms. The highest BCUT2D eigenvalue weighted by Gasteiger charge is 2.35. The molecular formula is C41H46N2O7. The topological polar surface area (TPSA) is 89.9 Å². The van der Waals surface area contributed by atoms with Crippen LogP contribution >= 0.6 is 0 Å². The highest BCUT2D eigenvalue weighted by atomic mass is 16.5. The van der Waals surface area contributed by atoms with Gasteiger partial charge in [-0.05, 0) is 122 Å². The summed E-state index contributed by atoms with van der Waals surface area (Å²) >= 11 is 0. The van der Waals surface area contributed by atoms with E-state index < -0.39 is 6.61 Å². The lowest BCUT2D eigenvalue weighted by Crippen LogP contribution is -2.34. The van der Waals surface area contributed by atoms with Crippen molar-refractivity contribution in [1.82, 2.24) is 9.80 Å². The number of hydrogen-bond acceptors (Lipinski definition) is 9. The number of fused-ring (bicyclic) bond motifs is 2.